The second kappa shape index (κ2) is 10.2. The molecule has 0 aliphatic heterocycles. The summed E-state index contributed by atoms with van der Waals surface area (Å²) in [6, 6.07) is 9.31. The quantitative estimate of drug-likeness (QED) is 0.632. The van der Waals surface area contributed by atoms with Crippen molar-refractivity contribution < 1.29 is 19.8 Å². The Hall–Kier alpha value is -1.62. The lowest BCUT2D eigenvalue weighted by molar-refractivity contribution is -0.137. The maximum absolute atomic E-state index is 10.3. The van der Waals surface area contributed by atoms with Gasteiger partial charge >= 0.3 is 11.9 Å². The van der Waals surface area contributed by atoms with E-state index in [0.717, 1.165) is 18.1 Å². The largest absolute Gasteiger partial charge is 0.480 e. The minimum atomic E-state index is -0.922. The van der Waals surface area contributed by atoms with Crippen molar-refractivity contribution >= 4 is 33.9 Å². The SMILES string of the molecule is CCC(C)C(Br)C(=O)O.O=C(O)/C=C/c1ccccc1. The predicted molar refractivity (Wildman–Crippen MR) is 82.9 cm³/mol. The maximum Gasteiger partial charge on any atom is 0.328 e. The summed E-state index contributed by atoms with van der Waals surface area (Å²) in [5.74, 6) is -1.49. The Labute approximate surface area is 127 Å². The van der Waals surface area contributed by atoms with E-state index >= 15 is 0 Å². The molecule has 2 unspecified atom stereocenters. The molecule has 0 spiro atoms. The summed E-state index contributed by atoms with van der Waals surface area (Å²) in [6.07, 6.45) is 3.57. The first-order valence-corrected chi connectivity index (χ1v) is 7.13. The molecule has 0 aliphatic rings. The van der Waals surface area contributed by atoms with Crippen LogP contribution < -0.4 is 0 Å². The van der Waals surface area contributed by atoms with Crippen molar-refractivity contribution in [3.8, 4) is 0 Å². The fourth-order valence-electron chi connectivity index (χ4n) is 1.18. The summed E-state index contributed by atoms with van der Waals surface area (Å²) in [4.78, 5) is 20.0. The Morgan fingerprint density at radius 1 is 1.25 bits per heavy atom. The average molecular weight is 343 g/mol. The molecule has 2 atom stereocenters. The van der Waals surface area contributed by atoms with Gasteiger partial charge in [0.05, 0.1) is 0 Å². The molecule has 0 saturated heterocycles. The summed E-state index contributed by atoms with van der Waals surface area (Å²) in [5, 5.41) is 16.7. The molecule has 0 bridgehead atoms. The van der Waals surface area contributed by atoms with Gasteiger partial charge in [-0.05, 0) is 17.6 Å². The first-order chi connectivity index (χ1) is 9.38. The molecule has 1 aromatic carbocycles. The van der Waals surface area contributed by atoms with Crippen LogP contribution >= 0.6 is 15.9 Å². The first kappa shape index (κ1) is 18.4. The number of hydrogen-bond acceptors (Lipinski definition) is 2. The highest BCUT2D eigenvalue weighted by Crippen LogP contribution is 2.15. The van der Waals surface area contributed by atoms with Gasteiger partial charge in [0.15, 0.2) is 0 Å². The molecule has 0 heterocycles. The van der Waals surface area contributed by atoms with Crippen molar-refractivity contribution in [2.75, 3.05) is 0 Å². The highest BCUT2D eigenvalue weighted by molar-refractivity contribution is 9.10. The van der Waals surface area contributed by atoms with Crippen LogP contribution in [0.3, 0.4) is 0 Å². The van der Waals surface area contributed by atoms with Crippen molar-refractivity contribution in [2.24, 2.45) is 5.92 Å². The molecular weight excluding hydrogens is 324 g/mol. The average Bonchev–Trinajstić information content (AvgIpc) is 2.45. The van der Waals surface area contributed by atoms with E-state index in [0.29, 0.717) is 0 Å². The Balaban J connectivity index is 0.000000370. The summed E-state index contributed by atoms with van der Waals surface area (Å²) >= 11 is 3.07. The van der Waals surface area contributed by atoms with Gasteiger partial charge in [0.2, 0.25) is 0 Å². The van der Waals surface area contributed by atoms with Gasteiger partial charge in [0.1, 0.15) is 4.83 Å². The van der Waals surface area contributed by atoms with E-state index in [4.69, 9.17) is 10.2 Å². The van der Waals surface area contributed by atoms with Gasteiger partial charge in [0.25, 0.3) is 0 Å². The molecule has 2 N–H and O–H groups in total. The van der Waals surface area contributed by atoms with Crippen molar-refractivity contribution in [1.82, 2.24) is 0 Å². The Morgan fingerprint density at radius 3 is 2.15 bits per heavy atom. The summed E-state index contributed by atoms with van der Waals surface area (Å²) in [7, 11) is 0. The molecule has 20 heavy (non-hydrogen) atoms. The smallest absolute Gasteiger partial charge is 0.328 e. The van der Waals surface area contributed by atoms with E-state index in [2.05, 4.69) is 15.9 Å². The third kappa shape index (κ3) is 8.48. The van der Waals surface area contributed by atoms with E-state index < -0.39 is 11.9 Å². The van der Waals surface area contributed by atoms with Crippen LogP contribution in [-0.4, -0.2) is 27.0 Å². The number of benzene rings is 1. The highest BCUT2D eigenvalue weighted by Gasteiger charge is 2.18. The fourth-order valence-corrected chi connectivity index (χ4v) is 1.56. The number of aliphatic carboxylic acids is 2. The zero-order valence-corrected chi connectivity index (χ0v) is 13.1. The molecule has 0 aliphatic carbocycles. The molecular formula is C15H19BrO4. The van der Waals surface area contributed by atoms with Crippen LogP contribution in [0.25, 0.3) is 6.08 Å². The van der Waals surface area contributed by atoms with E-state index in [-0.39, 0.29) is 10.7 Å². The molecule has 110 valence electrons. The van der Waals surface area contributed by atoms with Crippen LogP contribution in [0.2, 0.25) is 0 Å². The molecule has 5 heteroatoms. The Kier molecular flexibility index (Phi) is 9.38. The fraction of sp³-hybridized carbons (Fsp3) is 0.333. The lowest BCUT2D eigenvalue weighted by Crippen LogP contribution is -2.20. The molecule has 0 aromatic heterocycles. The predicted octanol–water partition coefficient (Wildman–Crippen LogP) is 3.67. The van der Waals surface area contributed by atoms with Gasteiger partial charge in [-0.15, -0.1) is 0 Å². The third-order valence-corrected chi connectivity index (χ3v) is 3.89. The Bertz CT molecular complexity index is 442. The number of alkyl halides is 1. The number of carboxylic acid groups (broad SMARTS) is 2. The molecule has 0 fully saturated rings. The van der Waals surface area contributed by atoms with Gasteiger partial charge in [-0.25, -0.2) is 4.79 Å². The van der Waals surface area contributed by atoms with Crippen LogP contribution in [0.1, 0.15) is 25.8 Å². The van der Waals surface area contributed by atoms with E-state index in [1.807, 2.05) is 44.2 Å². The first-order valence-electron chi connectivity index (χ1n) is 6.21. The van der Waals surface area contributed by atoms with Gasteiger partial charge in [-0.2, -0.15) is 0 Å². The Morgan fingerprint density at radius 2 is 1.80 bits per heavy atom. The lowest BCUT2D eigenvalue weighted by Gasteiger charge is -2.10. The van der Waals surface area contributed by atoms with Gasteiger partial charge in [-0.1, -0.05) is 66.5 Å². The second-order valence-electron chi connectivity index (χ2n) is 4.21. The van der Waals surface area contributed by atoms with Crippen LogP contribution in [-0.2, 0) is 9.59 Å². The van der Waals surface area contributed by atoms with E-state index in [1.54, 1.807) is 6.08 Å². The zero-order chi connectivity index (χ0) is 15.5. The molecule has 4 nitrogen and oxygen atoms in total. The number of hydrogen-bond donors (Lipinski definition) is 2. The van der Waals surface area contributed by atoms with Crippen molar-refractivity contribution in [3.05, 3.63) is 42.0 Å². The summed E-state index contributed by atoms with van der Waals surface area (Å²) in [5.41, 5.74) is 0.898. The minimum Gasteiger partial charge on any atom is -0.480 e. The highest BCUT2D eigenvalue weighted by atomic mass is 79.9. The van der Waals surface area contributed by atoms with Crippen LogP contribution in [0, 0.1) is 5.92 Å². The van der Waals surface area contributed by atoms with Crippen LogP contribution in [0.4, 0.5) is 0 Å². The van der Waals surface area contributed by atoms with Gasteiger partial charge < -0.3 is 10.2 Å². The molecule has 1 rings (SSSR count). The second-order valence-corrected chi connectivity index (χ2v) is 5.19. The van der Waals surface area contributed by atoms with Crippen LogP contribution in [0.5, 0.6) is 0 Å². The number of halogens is 1. The molecule has 1 aromatic rings. The van der Waals surface area contributed by atoms with Gasteiger partial charge in [0, 0.05) is 6.08 Å². The molecule has 0 saturated carbocycles. The minimum absolute atomic E-state index is 0.211. The van der Waals surface area contributed by atoms with E-state index in [9.17, 15) is 9.59 Å². The standard InChI is InChI=1S/C9H8O2.C6H11BrO2/c10-9(11)7-6-8-4-2-1-3-5-8;1-3-4(2)5(7)6(8)9/h1-7H,(H,10,11);4-5H,3H2,1-2H3,(H,8,9)/b7-6+;. The normalized spacial score (nSPS) is 13.2. The van der Waals surface area contributed by atoms with Crippen LogP contribution in [0.15, 0.2) is 36.4 Å². The number of carbonyl (C=O) groups is 2. The topological polar surface area (TPSA) is 74.6 Å². The van der Waals surface area contributed by atoms with Crippen molar-refractivity contribution in [1.29, 1.82) is 0 Å². The van der Waals surface area contributed by atoms with Crippen molar-refractivity contribution in [3.63, 3.8) is 0 Å². The number of carboxylic acids is 2. The molecule has 0 radical (unpaired) electrons. The molecule has 0 amide bonds. The van der Waals surface area contributed by atoms with Crippen molar-refractivity contribution in [2.45, 2.75) is 25.1 Å². The van der Waals surface area contributed by atoms with Gasteiger partial charge in [-0.3, -0.25) is 4.79 Å². The maximum atomic E-state index is 10.3. The third-order valence-electron chi connectivity index (χ3n) is 2.60. The summed E-state index contributed by atoms with van der Waals surface area (Å²) in [6.45, 7) is 3.88. The monoisotopic (exact) mass is 342 g/mol. The summed E-state index contributed by atoms with van der Waals surface area (Å²) < 4.78 is 0. The lowest BCUT2D eigenvalue weighted by atomic mass is 10.1. The zero-order valence-electron chi connectivity index (χ0n) is 11.5. The van der Waals surface area contributed by atoms with E-state index in [1.165, 1.54) is 0 Å². The number of rotatable bonds is 5.